The van der Waals surface area contributed by atoms with Gasteiger partial charge >= 0.3 is 0 Å². The molecule has 0 saturated heterocycles. The summed E-state index contributed by atoms with van der Waals surface area (Å²) >= 11 is 6.61. The summed E-state index contributed by atoms with van der Waals surface area (Å²) in [6.45, 7) is 4.34. The number of benzene rings is 1. The molecule has 3 heteroatoms. The van der Waals surface area contributed by atoms with E-state index in [1.54, 1.807) is 0 Å². The molecule has 1 aliphatic rings. The van der Waals surface area contributed by atoms with Crippen molar-refractivity contribution >= 4 is 11.6 Å². The zero-order chi connectivity index (χ0) is 14.0. The van der Waals surface area contributed by atoms with Crippen LogP contribution in [0.2, 0.25) is 0 Å². The highest BCUT2D eigenvalue weighted by Crippen LogP contribution is 2.54. The monoisotopic (exact) mass is 286 g/mol. The standard InChI is InChI=1S/C16H21ClF2/c1-11(2)10-16(7-3-4-8-16)15(17)13-6-5-12(18)9-14(13)19/h5-6,9,11,15H,3-4,7-8,10H2,1-2H3. The first-order valence-electron chi connectivity index (χ1n) is 7.04. The van der Waals surface area contributed by atoms with Crippen LogP contribution in [0.15, 0.2) is 18.2 Å². The Morgan fingerprint density at radius 1 is 1.21 bits per heavy atom. The predicted molar refractivity (Wildman–Crippen MR) is 75.3 cm³/mol. The van der Waals surface area contributed by atoms with E-state index in [9.17, 15) is 8.78 Å². The van der Waals surface area contributed by atoms with Gasteiger partial charge in [-0.15, -0.1) is 11.6 Å². The van der Waals surface area contributed by atoms with E-state index < -0.39 is 11.6 Å². The lowest BCUT2D eigenvalue weighted by Gasteiger charge is -2.36. The minimum Gasteiger partial charge on any atom is -0.207 e. The SMILES string of the molecule is CC(C)CC1(C(Cl)c2ccc(F)cc2F)CCCC1. The molecule has 0 amide bonds. The van der Waals surface area contributed by atoms with Crippen molar-refractivity contribution in [2.45, 2.75) is 51.3 Å². The summed E-state index contributed by atoms with van der Waals surface area (Å²) < 4.78 is 26.9. The molecular formula is C16H21ClF2. The van der Waals surface area contributed by atoms with Gasteiger partial charge in [-0.1, -0.05) is 32.8 Å². The highest BCUT2D eigenvalue weighted by atomic mass is 35.5. The number of rotatable bonds is 4. The van der Waals surface area contributed by atoms with Crippen molar-refractivity contribution in [1.82, 2.24) is 0 Å². The van der Waals surface area contributed by atoms with Crippen LogP contribution in [0.3, 0.4) is 0 Å². The van der Waals surface area contributed by atoms with Gasteiger partial charge in [-0.25, -0.2) is 8.78 Å². The Bertz CT molecular complexity index is 436. The van der Waals surface area contributed by atoms with E-state index in [1.165, 1.54) is 12.1 Å². The molecule has 0 nitrogen and oxygen atoms in total. The maximum atomic E-state index is 13.9. The van der Waals surface area contributed by atoms with Gasteiger partial charge in [-0.05, 0) is 36.7 Å². The summed E-state index contributed by atoms with van der Waals surface area (Å²) in [7, 11) is 0. The second kappa shape index (κ2) is 5.78. The molecule has 0 aromatic heterocycles. The van der Waals surface area contributed by atoms with Crippen molar-refractivity contribution in [3.63, 3.8) is 0 Å². The summed E-state index contributed by atoms with van der Waals surface area (Å²) in [5.74, 6) is -0.535. The van der Waals surface area contributed by atoms with E-state index in [4.69, 9.17) is 11.6 Å². The second-order valence-electron chi connectivity index (χ2n) is 6.20. The lowest BCUT2D eigenvalue weighted by Crippen LogP contribution is -2.25. The maximum absolute atomic E-state index is 13.9. The van der Waals surface area contributed by atoms with Crippen molar-refractivity contribution in [2.24, 2.45) is 11.3 Å². The molecule has 0 N–H and O–H groups in total. The van der Waals surface area contributed by atoms with Gasteiger partial charge in [0.1, 0.15) is 11.6 Å². The Morgan fingerprint density at radius 3 is 2.37 bits per heavy atom. The van der Waals surface area contributed by atoms with Crippen molar-refractivity contribution in [3.05, 3.63) is 35.4 Å². The van der Waals surface area contributed by atoms with E-state index in [0.717, 1.165) is 38.2 Å². The van der Waals surface area contributed by atoms with E-state index in [2.05, 4.69) is 13.8 Å². The van der Waals surface area contributed by atoms with E-state index in [0.29, 0.717) is 11.5 Å². The first-order chi connectivity index (χ1) is 8.94. The smallest absolute Gasteiger partial charge is 0.130 e. The number of hydrogen-bond acceptors (Lipinski definition) is 0. The van der Waals surface area contributed by atoms with Crippen LogP contribution in [0.4, 0.5) is 8.78 Å². The number of halogens is 3. The molecule has 1 atom stereocenters. The molecule has 1 unspecified atom stereocenters. The van der Waals surface area contributed by atoms with Crippen LogP contribution >= 0.6 is 11.6 Å². The topological polar surface area (TPSA) is 0 Å². The first kappa shape index (κ1) is 14.8. The van der Waals surface area contributed by atoms with Gasteiger partial charge in [-0.3, -0.25) is 0 Å². The average Bonchev–Trinajstić information content (AvgIpc) is 2.77. The van der Waals surface area contributed by atoms with Crippen LogP contribution in [0, 0.1) is 23.0 Å². The van der Waals surface area contributed by atoms with Crippen LogP contribution in [-0.2, 0) is 0 Å². The maximum Gasteiger partial charge on any atom is 0.130 e. The lowest BCUT2D eigenvalue weighted by molar-refractivity contribution is 0.220. The molecule has 19 heavy (non-hydrogen) atoms. The first-order valence-corrected chi connectivity index (χ1v) is 7.47. The molecule has 1 aromatic carbocycles. The molecule has 1 aromatic rings. The predicted octanol–water partition coefficient (Wildman–Crippen LogP) is 5.85. The van der Waals surface area contributed by atoms with E-state index in [-0.39, 0.29) is 10.8 Å². The summed E-state index contributed by atoms with van der Waals surface area (Å²) in [6, 6.07) is 3.73. The van der Waals surface area contributed by atoms with Gasteiger partial charge in [-0.2, -0.15) is 0 Å². The molecule has 0 radical (unpaired) electrons. The minimum atomic E-state index is -0.547. The van der Waals surface area contributed by atoms with Gasteiger partial charge in [0.2, 0.25) is 0 Å². The number of alkyl halides is 1. The van der Waals surface area contributed by atoms with Crippen LogP contribution in [0.1, 0.15) is 56.9 Å². The second-order valence-corrected chi connectivity index (χ2v) is 6.63. The fourth-order valence-corrected chi connectivity index (χ4v) is 3.97. The number of hydrogen-bond donors (Lipinski definition) is 0. The molecule has 0 spiro atoms. The van der Waals surface area contributed by atoms with Crippen LogP contribution in [0.5, 0.6) is 0 Å². The Morgan fingerprint density at radius 2 is 1.84 bits per heavy atom. The summed E-state index contributed by atoms with van der Waals surface area (Å²) in [5.41, 5.74) is 0.416. The van der Waals surface area contributed by atoms with Gasteiger partial charge in [0.15, 0.2) is 0 Å². The van der Waals surface area contributed by atoms with Crippen LogP contribution in [0.25, 0.3) is 0 Å². The van der Waals surface area contributed by atoms with Crippen molar-refractivity contribution in [2.75, 3.05) is 0 Å². The largest absolute Gasteiger partial charge is 0.207 e. The Hall–Kier alpha value is -0.630. The zero-order valence-corrected chi connectivity index (χ0v) is 12.3. The summed E-state index contributed by atoms with van der Waals surface area (Å²) in [4.78, 5) is 0. The third-order valence-corrected chi connectivity index (χ3v) is 4.89. The zero-order valence-electron chi connectivity index (χ0n) is 11.6. The molecule has 0 heterocycles. The third-order valence-electron chi connectivity index (χ3n) is 4.19. The van der Waals surface area contributed by atoms with Crippen LogP contribution < -0.4 is 0 Å². The van der Waals surface area contributed by atoms with Gasteiger partial charge < -0.3 is 0 Å². The Labute approximate surface area is 119 Å². The third kappa shape index (κ3) is 3.10. The molecule has 1 fully saturated rings. The molecule has 1 saturated carbocycles. The van der Waals surface area contributed by atoms with Crippen molar-refractivity contribution < 1.29 is 8.78 Å². The highest BCUT2D eigenvalue weighted by Gasteiger charge is 2.42. The van der Waals surface area contributed by atoms with Gasteiger partial charge in [0, 0.05) is 11.6 Å². The summed E-state index contributed by atoms with van der Waals surface area (Å²) in [6.07, 6.45) is 5.38. The molecule has 106 valence electrons. The minimum absolute atomic E-state index is 0.0333. The van der Waals surface area contributed by atoms with Gasteiger partial charge in [0.05, 0.1) is 5.38 Å². The van der Waals surface area contributed by atoms with Crippen molar-refractivity contribution in [3.8, 4) is 0 Å². The molecule has 1 aliphatic carbocycles. The molecular weight excluding hydrogens is 266 g/mol. The van der Waals surface area contributed by atoms with E-state index in [1.807, 2.05) is 0 Å². The van der Waals surface area contributed by atoms with Crippen molar-refractivity contribution in [1.29, 1.82) is 0 Å². The fraction of sp³-hybridized carbons (Fsp3) is 0.625. The Kier molecular flexibility index (Phi) is 4.50. The highest BCUT2D eigenvalue weighted by molar-refractivity contribution is 6.21. The molecule has 2 rings (SSSR count). The normalized spacial score (nSPS) is 19.9. The Balaban J connectivity index is 2.31. The van der Waals surface area contributed by atoms with Crippen LogP contribution in [-0.4, -0.2) is 0 Å². The van der Waals surface area contributed by atoms with E-state index >= 15 is 0 Å². The molecule has 0 aliphatic heterocycles. The van der Waals surface area contributed by atoms with Gasteiger partial charge in [0.25, 0.3) is 0 Å². The lowest BCUT2D eigenvalue weighted by atomic mass is 9.73. The summed E-state index contributed by atoms with van der Waals surface area (Å²) in [5, 5.41) is -0.363. The molecule has 0 bridgehead atoms. The average molecular weight is 287 g/mol. The fourth-order valence-electron chi connectivity index (χ4n) is 3.49. The quantitative estimate of drug-likeness (QED) is 0.609.